The first-order valence-corrected chi connectivity index (χ1v) is 4.80. The Kier molecular flexibility index (Phi) is 3.60. The first kappa shape index (κ1) is 11.1. The molecular weight excluding hydrogens is 248 g/mol. The van der Waals surface area contributed by atoms with Crippen LogP contribution in [0.3, 0.4) is 0 Å². The smallest absolute Gasteiger partial charge is 0.274 e. The number of hydrogen-bond donors (Lipinski definition) is 0. The highest BCUT2D eigenvalue weighted by molar-refractivity contribution is 9.10. The number of rotatable bonds is 2. The third kappa shape index (κ3) is 2.30. The van der Waals surface area contributed by atoms with Gasteiger partial charge in [0, 0.05) is 17.7 Å². The maximum atomic E-state index is 11.6. The van der Waals surface area contributed by atoms with E-state index < -0.39 is 0 Å². The monoisotopic (exact) mass is 258 g/mol. The zero-order valence-corrected chi connectivity index (χ0v) is 9.83. The predicted molar refractivity (Wildman–Crippen MR) is 55.8 cm³/mol. The lowest BCUT2D eigenvalue weighted by atomic mass is 10.2. The van der Waals surface area contributed by atoms with E-state index in [0.717, 1.165) is 10.6 Å². The summed E-state index contributed by atoms with van der Waals surface area (Å²) < 4.78 is 0.673. The van der Waals surface area contributed by atoms with Crippen molar-refractivity contribution in [1.82, 2.24) is 10.0 Å². The summed E-state index contributed by atoms with van der Waals surface area (Å²) in [6.45, 7) is 1.91. The molecule has 14 heavy (non-hydrogen) atoms. The van der Waals surface area contributed by atoms with Gasteiger partial charge in [0.15, 0.2) is 0 Å². The molecular formula is C9H11BrN2O2. The minimum Gasteiger partial charge on any atom is -0.274 e. The molecule has 76 valence electrons. The second-order valence-electron chi connectivity index (χ2n) is 2.83. The van der Waals surface area contributed by atoms with E-state index >= 15 is 0 Å². The highest BCUT2D eigenvalue weighted by Gasteiger charge is 2.15. The lowest BCUT2D eigenvalue weighted by molar-refractivity contribution is -0.0761. The van der Waals surface area contributed by atoms with E-state index in [4.69, 9.17) is 4.84 Å². The summed E-state index contributed by atoms with van der Waals surface area (Å²) in [5.74, 6) is -0.278. The number of carbonyl (C=O) groups excluding carboxylic acids is 1. The Balaban J connectivity index is 3.02. The molecule has 0 fully saturated rings. The number of amides is 1. The molecule has 0 aromatic carbocycles. The average Bonchev–Trinajstić information content (AvgIpc) is 2.15. The molecule has 0 unspecified atom stereocenters. The molecule has 0 N–H and O–H groups in total. The Labute approximate surface area is 91.0 Å². The maximum Gasteiger partial charge on any atom is 0.296 e. The second-order valence-corrected chi connectivity index (χ2v) is 3.68. The Morgan fingerprint density at radius 1 is 1.64 bits per heavy atom. The standard InChI is InChI=1S/C9H11BrN2O2/c1-6-4-7(10)8(11-5-6)9(13)12(2)14-3/h4-5H,1-3H3. The van der Waals surface area contributed by atoms with Gasteiger partial charge in [0.1, 0.15) is 5.69 Å². The zero-order valence-electron chi connectivity index (χ0n) is 8.24. The molecule has 1 heterocycles. The number of aryl methyl sites for hydroxylation is 1. The van der Waals surface area contributed by atoms with Gasteiger partial charge in [-0.25, -0.2) is 10.0 Å². The molecule has 0 saturated carbocycles. The maximum absolute atomic E-state index is 11.6. The predicted octanol–water partition coefficient (Wildman–Crippen LogP) is 1.79. The van der Waals surface area contributed by atoms with Crippen LogP contribution < -0.4 is 0 Å². The second kappa shape index (κ2) is 4.52. The number of hydroxylamine groups is 2. The van der Waals surface area contributed by atoms with Gasteiger partial charge < -0.3 is 0 Å². The molecule has 0 aliphatic carbocycles. The summed E-state index contributed by atoms with van der Waals surface area (Å²) in [6.07, 6.45) is 1.64. The highest BCUT2D eigenvalue weighted by Crippen LogP contribution is 2.16. The fraction of sp³-hybridized carbons (Fsp3) is 0.333. The summed E-state index contributed by atoms with van der Waals surface area (Å²) in [6, 6.07) is 1.84. The molecule has 1 aromatic rings. The van der Waals surface area contributed by atoms with Crippen LogP contribution in [0.2, 0.25) is 0 Å². The van der Waals surface area contributed by atoms with Crippen LogP contribution in [-0.4, -0.2) is 30.1 Å². The summed E-state index contributed by atoms with van der Waals surface area (Å²) in [4.78, 5) is 20.4. The van der Waals surface area contributed by atoms with Gasteiger partial charge in [0.05, 0.1) is 7.11 Å². The van der Waals surface area contributed by atoms with Gasteiger partial charge in [-0.05, 0) is 34.5 Å². The van der Waals surface area contributed by atoms with Crippen LogP contribution in [0.4, 0.5) is 0 Å². The highest BCUT2D eigenvalue weighted by atomic mass is 79.9. The number of hydrogen-bond acceptors (Lipinski definition) is 3. The molecule has 0 spiro atoms. The number of nitrogens with zero attached hydrogens (tertiary/aromatic N) is 2. The fourth-order valence-electron chi connectivity index (χ4n) is 0.923. The van der Waals surface area contributed by atoms with E-state index in [-0.39, 0.29) is 5.91 Å². The fourth-order valence-corrected chi connectivity index (χ4v) is 1.56. The molecule has 0 radical (unpaired) electrons. The third-order valence-corrected chi connectivity index (χ3v) is 2.34. The number of pyridine rings is 1. The van der Waals surface area contributed by atoms with Gasteiger partial charge in [0.25, 0.3) is 5.91 Å². The minimum absolute atomic E-state index is 0.278. The average molecular weight is 259 g/mol. The van der Waals surface area contributed by atoms with E-state index in [0.29, 0.717) is 10.2 Å². The van der Waals surface area contributed by atoms with Crippen molar-refractivity contribution in [2.75, 3.05) is 14.2 Å². The van der Waals surface area contributed by atoms with Gasteiger partial charge >= 0.3 is 0 Å². The molecule has 0 saturated heterocycles. The van der Waals surface area contributed by atoms with E-state index in [1.165, 1.54) is 14.2 Å². The van der Waals surface area contributed by atoms with E-state index in [1.807, 2.05) is 13.0 Å². The van der Waals surface area contributed by atoms with Crippen LogP contribution in [0.1, 0.15) is 16.1 Å². The van der Waals surface area contributed by atoms with Crippen molar-refractivity contribution < 1.29 is 9.63 Å². The van der Waals surface area contributed by atoms with Crippen LogP contribution in [0.25, 0.3) is 0 Å². The van der Waals surface area contributed by atoms with E-state index in [9.17, 15) is 4.79 Å². The topological polar surface area (TPSA) is 42.4 Å². The molecule has 4 nitrogen and oxygen atoms in total. The molecule has 1 amide bonds. The van der Waals surface area contributed by atoms with Gasteiger partial charge in [-0.2, -0.15) is 0 Å². The molecule has 0 atom stereocenters. The van der Waals surface area contributed by atoms with Gasteiger partial charge in [0.2, 0.25) is 0 Å². The third-order valence-electron chi connectivity index (χ3n) is 1.74. The van der Waals surface area contributed by atoms with Gasteiger partial charge in [-0.15, -0.1) is 0 Å². The van der Waals surface area contributed by atoms with E-state index in [1.54, 1.807) is 6.20 Å². The van der Waals surface area contributed by atoms with Crippen LogP contribution in [-0.2, 0) is 4.84 Å². The lowest BCUT2D eigenvalue weighted by Gasteiger charge is -2.13. The minimum atomic E-state index is -0.278. The summed E-state index contributed by atoms with van der Waals surface area (Å²) >= 11 is 3.28. The van der Waals surface area contributed by atoms with E-state index in [2.05, 4.69) is 20.9 Å². The van der Waals surface area contributed by atoms with Crippen molar-refractivity contribution in [1.29, 1.82) is 0 Å². The molecule has 0 aliphatic heterocycles. The quantitative estimate of drug-likeness (QED) is 0.760. The molecule has 1 rings (SSSR count). The van der Waals surface area contributed by atoms with Crippen molar-refractivity contribution in [2.45, 2.75) is 6.92 Å². The zero-order chi connectivity index (χ0) is 10.7. The van der Waals surface area contributed by atoms with Crippen molar-refractivity contribution in [2.24, 2.45) is 0 Å². The number of aromatic nitrogens is 1. The molecule has 0 aliphatic rings. The normalized spacial score (nSPS) is 10.0. The largest absolute Gasteiger partial charge is 0.296 e. The summed E-state index contributed by atoms with van der Waals surface area (Å²) in [5.41, 5.74) is 1.34. The summed E-state index contributed by atoms with van der Waals surface area (Å²) in [5, 5.41) is 1.13. The summed E-state index contributed by atoms with van der Waals surface area (Å²) in [7, 11) is 2.97. The van der Waals surface area contributed by atoms with Crippen molar-refractivity contribution in [3.05, 3.63) is 28.0 Å². The Bertz CT molecular complexity index is 355. The first-order chi connectivity index (χ1) is 6.56. The van der Waals surface area contributed by atoms with Crippen molar-refractivity contribution in [3.63, 3.8) is 0 Å². The number of halogens is 1. The van der Waals surface area contributed by atoms with Crippen LogP contribution >= 0.6 is 15.9 Å². The SMILES string of the molecule is CON(C)C(=O)c1ncc(C)cc1Br. The van der Waals surface area contributed by atoms with Gasteiger partial charge in [-0.3, -0.25) is 9.63 Å². The van der Waals surface area contributed by atoms with Gasteiger partial charge in [-0.1, -0.05) is 0 Å². The molecule has 1 aromatic heterocycles. The lowest BCUT2D eigenvalue weighted by Crippen LogP contribution is -2.26. The van der Waals surface area contributed by atoms with Crippen LogP contribution in [0.15, 0.2) is 16.7 Å². The Morgan fingerprint density at radius 2 is 2.29 bits per heavy atom. The molecule has 5 heteroatoms. The Hall–Kier alpha value is -0.940. The van der Waals surface area contributed by atoms with Crippen molar-refractivity contribution in [3.8, 4) is 0 Å². The Morgan fingerprint density at radius 3 is 2.79 bits per heavy atom. The van der Waals surface area contributed by atoms with Crippen LogP contribution in [0, 0.1) is 6.92 Å². The van der Waals surface area contributed by atoms with Crippen molar-refractivity contribution >= 4 is 21.8 Å². The molecule has 0 bridgehead atoms. The first-order valence-electron chi connectivity index (χ1n) is 4.00. The van der Waals surface area contributed by atoms with Crippen LogP contribution in [0.5, 0.6) is 0 Å². The number of carbonyl (C=O) groups is 1.